The van der Waals surface area contributed by atoms with Crippen molar-refractivity contribution >= 4 is 44.9 Å². The minimum atomic E-state index is -0.169. The number of nitrogens with one attached hydrogen (secondary N) is 1. The number of thioether (sulfide) groups is 1. The molecular formula is C24H23N3OS2. The zero-order chi connectivity index (χ0) is 21.1. The maximum absolute atomic E-state index is 12.5. The van der Waals surface area contributed by atoms with E-state index < -0.39 is 0 Å². The van der Waals surface area contributed by atoms with Crippen molar-refractivity contribution in [1.82, 2.24) is 10.2 Å². The maximum Gasteiger partial charge on any atom is 0.257 e. The number of anilines is 1. The molecule has 0 radical (unpaired) electrons. The summed E-state index contributed by atoms with van der Waals surface area (Å²) in [6, 6.07) is 22.4. The van der Waals surface area contributed by atoms with E-state index in [2.05, 4.69) is 78.7 Å². The number of amides is 1. The van der Waals surface area contributed by atoms with Gasteiger partial charge in [0.1, 0.15) is 0 Å². The molecule has 0 aliphatic heterocycles. The van der Waals surface area contributed by atoms with E-state index in [-0.39, 0.29) is 11.3 Å². The summed E-state index contributed by atoms with van der Waals surface area (Å²) in [5.41, 5.74) is 3.13. The molecule has 0 saturated heterocycles. The van der Waals surface area contributed by atoms with Gasteiger partial charge in [-0.3, -0.25) is 10.1 Å². The molecule has 0 aliphatic carbocycles. The molecule has 1 aromatic heterocycles. The first-order valence-corrected chi connectivity index (χ1v) is 11.6. The minimum absolute atomic E-state index is 0.0600. The molecule has 4 aromatic rings. The zero-order valence-electron chi connectivity index (χ0n) is 17.2. The number of rotatable bonds is 5. The van der Waals surface area contributed by atoms with Gasteiger partial charge in [0.05, 0.1) is 0 Å². The first-order valence-electron chi connectivity index (χ1n) is 9.75. The second-order valence-electron chi connectivity index (χ2n) is 8.08. The highest BCUT2D eigenvalue weighted by Gasteiger charge is 2.15. The lowest BCUT2D eigenvalue weighted by molar-refractivity contribution is 0.102. The van der Waals surface area contributed by atoms with Crippen molar-refractivity contribution in [2.24, 2.45) is 0 Å². The van der Waals surface area contributed by atoms with Gasteiger partial charge < -0.3 is 0 Å². The molecule has 0 fully saturated rings. The van der Waals surface area contributed by atoms with Crippen molar-refractivity contribution in [2.45, 2.75) is 36.3 Å². The van der Waals surface area contributed by atoms with Gasteiger partial charge in [0.2, 0.25) is 5.13 Å². The number of nitrogens with zero attached hydrogens (tertiary/aromatic N) is 2. The van der Waals surface area contributed by atoms with Crippen LogP contribution in [0.3, 0.4) is 0 Å². The van der Waals surface area contributed by atoms with Crippen LogP contribution in [0.5, 0.6) is 0 Å². The Hall–Kier alpha value is -2.70. The molecule has 0 saturated carbocycles. The van der Waals surface area contributed by atoms with E-state index in [1.807, 2.05) is 24.3 Å². The third kappa shape index (κ3) is 4.71. The van der Waals surface area contributed by atoms with Gasteiger partial charge in [-0.25, -0.2) is 0 Å². The van der Waals surface area contributed by atoms with Crippen LogP contribution in [0.1, 0.15) is 42.3 Å². The molecule has 0 unspecified atom stereocenters. The Bertz CT molecular complexity index is 1170. The number of hydrogen-bond acceptors (Lipinski definition) is 5. The van der Waals surface area contributed by atoms with E-state index in [9.17, 15) is 4.79 Å². The van der Waals surface area contributed by atoms with Crippen LogP contribution >= 0.6 is 23.1 Å². The van der Waals surface area contributed by atoms with E-state index in [0.29, 0.717) is 10.7 Å². The summed E-state index contributed by atoms with van der Waals surface area (Å²) in [5.74, 6) is 0.635. The average Bonchev–Trinajstić information content (AvgIpc) is 3.19. The topological polar surface area (TPSA) is 54.9 Å². The van der Waals surface area contributed by atoms with Gasteiger partial charge in [-0.2, -0.15) is 0 Å². The molecule has 1 amide bonds. The lowest BCUT2D eigenvalue weighted by Crippen LogP contribution is -2.14. The van der Waals surface area contributed by atoms with Crippen molar-refractivity contribution in [1.29, 1.82) is 0 Å². The average molecular weight is 434 g/mol. The van der Waals surface area contributed by atoms with Gasteiger partial charge >= 0.3 is 0 Å². The number of aromatic nitrogens is 2. The molecule has 4 rings (SSSR count). The molecular weight excluding hydrogens is 410 g/mol. The fraction of sp³-hybridized carbons (Fsp3) is 0.208. The number of fused-ring (bicyclic) bond motifs is 1. The fourth-order valence-corrected chi connectivity index (χ4v) is 4.92. The number of benzene rings is 3. The van der Waals surface area contributed by atoms with Crippen LogP contribution in [0.4, 0.5) is 5.13 Å². The minimum Gasteiger partial charge on any atom is -0.296 e. The van der Waals surface area contributed by atoms with Crippen LogP contribution < -0.4 is 5.32 Å². The summed E-state index contributed by atoms with van der Waals surface area (Å²) in [7, 11) is 0. The summed E-state index contributed by atoms with van der Waals surface area (Å²) in [4.78, 5) is 12.5. The molecule has 152 valence electrons. The fourth-order valence-electron chi connectivity index (χ4n) is 3.17. The second kappa shape index (κ2) is 8.58. The van der Waals surface area contributed by atoms with Crippen molar-refractivity contribution in [3.63, 3.8) is 0 Å². The Morgan fingerprint density at radius 2 is 1.70 bits per heavy atom. The first kappa shape index (κ1) is 20.6. The van der Waals surface area contributed by atoms with Gasteiger partial charge in [-0.05, 0) is 39.4 Å². The molecule has 0 spiro atoms. The molecule has 0 bridgehead atoms. The normalized spacial score (nSPS) is 11.6. The van der Waals surface area contributed by atoms with Crippen LogP contribution in [0, 0.1) is 0 Å². The Kier molecular flexibility index (Phi) is 5.88. The highest BCUT2D eigenvalue weighted by molar-refractivity contribution is 8.00. The van der Waals surface area contributed by atoms with E-state index in [1.54, 1.807) is 11.8 Å². The Morgan fingerprint density at radius 3 is 2.47 bits per heavy atom. The van der Waals surface area contributed by atoms with Crippen LogP contribution in [-0.4, -0.2) is 16.1 Å². The molecule has 6 heteroatoms. The largest absolute Gasteiger partial charge is 0.296 e. The molecule has 1 N–H and O–H groups in total. The quantitative estimate of drug-likeness (QED) is 0.287. The molecule has 3 aromatic carbocycles. The summed E-state index contributed by atoms with van der Waals surface area (Å²) in [6.45, 7) is 6.46. The maximum atomic E-state index is 12.5. The highest BCUT2D eigenvalue weighted by atomic mass is 32.2. The number of hydrogen-bond donors (Lipinski definition) is 1. The Labute approximate surface area is 184 Å². The summed E-state index contributed by atoms with van der Waals surface area (Å²) < 4.78 is 0.835. The zero-order valence-corrected chi connectivity index (χ0v) is 18.8. The van der Waals surface area contributed by atoms with E-state index in [0.717, 1.165) is 10.1 Å². The molecule has 1 heterocycles. The highest BCUT2D eigenvalue weighted by Crippen LogP contribution is 2.31. The van der Waals surface area contributed by atoms with Crippen molar-refractivity contribution in [2.75, 3.05) is 5.32 Å². The molecule has 30 heavy (non-hydrogen) atoms. The lowest BCUT2D eigenvalue weighted by atomic mass is 9.87. The monoisotopic (exact) mass is 433 g/mol. The Morgan fingerprint density at radius 1 is 0.967 bits per heavy atom. The van der Waals surface area contributed by atoms with Crippen molar-refractivity contribution < 1.29 is 4.79 Å². The standard InChI is InChI=1S/C24H23N3OS2/c1-24(2,3)19-13-11-17(12-14-19)21(28)25-22-26-27-23(30-22)29-15-18-9-6-8-16-7-4-5-10-20(16)18/h4-14H,15H2,1-3H3,(H,25,26,28). The molecule has 0 atom stereocenters. The van der Waals surface area contributed by atoms with Crippen LogP contribution in [0.15, 0.2) is 71.1 Å². The van der Waals surface area contributed by atoms with Crippen LogP contribution in [0.2, 0.25) is 0 Å². The van der Waals surface area contributed by atoms with Gasteiger partial charge in [0, 0.05) is 11.3 Å². The van der Waals surface area contributed by atoms with E-state index >= 15 is 0 Å². The van der Waals surface area contributed by atoms with Gasteiger partial charge in [0.15, 0.2) is 4.34 Å². The van der Waals surface area contributed by atoms with Gasteiger partial charge in [-0.15, -0.1) is 10.2 Å². The van der Waals surface area contributed by atoms with Crippen molar-refractivity contribution in [3.8, 4) is 0 Å². The molecule has 0 aliphatic rings. The third-order valence-corrected chi connectivity index (χ3v) is 6.89. The van der Waals surface area contributed by atoms with E-state index in [1.165, 1.54) is 33.2 Å². The third-order valence-electron chi connectivity index (χ3n) is 4.87. The predicted molar refractivity (Wildman–Crippen MR) is 127 cm³/mol. The van der Waals surface area contributed by atoms with Gasteiger partial charge in [-0.1, -0.05) is 98.5 Å². The number of carbonyl (C=O) groups excluding carboxylic acids is 1. The van der Waals surface area contributed by atoms with Crippen LogP contribution in [-0.2, 0) is 11.2 Å². The SMILES string of the molecule is CC(C)(C)c1ccc(C(=O)Nc2nnc(SCc3cccc4ccccc34)s2)cc1. The lowest BCUT2D eigenvalue weighted by Gasteiger charge is -2.18. The summed E-state index contributed by atoms with van der Waals surface area (Å²) in [5, 5.41) is 14.2. The summed E-state index contributed by atoms with van der Waals surface area (Å²) in [6.07, 6.45) is 0. The Balaban J connectivity index is 1.40. The molecule has 4 nitrogen and oxygen atoms in total. The summed E-state index contributed by atoms with van der Waals surface area (Å²) >= 11 is 3.03. The van der Waals surface area contributed by atoms with Crippen molar-refractivity contribution in [3.05, 3.63) is 83.4 Å². The second-order valence-corrected chi connectivity index (χ2v) is 10.3. The smallest absolute Gasteiger partial charge is 0.257 e. The van der Waals surface area contributed by atoms with Gasteiger partial charge in [0.25, 0.3) is 5.91 Å². The van der Waals surface area contributed by atoms with Crippen LogP contribution in [0.25, 0.3) is 10.8 Å². The number of carbonyl (C=O) groups is 1. The first-order chi connectivity index (χ1) is 14.4. The predicted octanol–water partition coefficient (Wildman–Crippen LogP) is 6.53. The van der Waals surface area contributed by atoms with E-state index in [4.69, 9.17) is 0 Å².